The van der Waals surface area contributed by atoms with Gasteiger partial charge >= 0.3 is 0 Å². The highest BCUT2D eigenvalue weighted by molar-refractivity contribution is 6.10. The lowest BCUT2D eigenvalue weighted by atomic mass is 10.2. The minimum Gasteiger partial charge on any atom is -0.454 e. The summed E-state index contributed by atoms with van der Waals surface area (Å²) in [4.78, 5) is 21.1. The average Bonchev–Trinajstić information content (AvgIpc) is 3.22. The fourth-order valence-electron chi connectivity index (χ4n) is 2.66. The van der Waals surface area contributed by atoms with Crippen molar-refractivity contribution in [2.75, 3.05) is 12.1 Å². The minimum atomic E-state index is -0.369. The molecule has 0 saturated carbocycles. The van der Waals surface area contributed by atoms with Crippen molar-refractivity contribution in [3.05, 3.63) is 83.9 Å². The summed E-state index contributed by atoms with van der Waals surface area (Å²) in [7, 11) is 0. The Bertz CT molecular complexity index is 1040. The van der Waals surface area contributed by atoms with E-state index in [4.69, 9.17) is 9.47 Å². The van der Waals surface area contributed by atoms with Crippen molar-refractivity contribution in [3.63, 3.8) is 0 Å². The summed E-state index contributed by atoms with van der Waals surface area (Å²) in [5, 5.41) is 5.76. The first-order chi connectivity index (χ1) is 14.2. The Hall–Kier alpha value is -3.94. The van der Waals surface area contributed by atoms with Crippen LogP contribution in [0.1, 0.15) is 15.9 Å². The number of aromatic nitrogens is 1. The van der Waals surface area contributed by atoms with E-state index in [9.17, 15) is 9.18 Å². The zero-order valence-electron chi connectivity index (χ0n) is 15.3. The number of halogens is 1. The number of anilines is 1. The zero-order chi connectivity index (χ0) is 20.1. The highest BCUT2D eigenvalue weighted by Crippen LogP contribution is 2.32. The van der Waals surface area contributed by atoms with Crippen LogP contribution in [0.4, 0.5) is 10.1 Å². The number of hydrogen-bond donors (Lipinski definition) is 2. The van der Waals surface area contributed by atoms with E-state index in [2.05, 4.69) is 20.6 Å². The largest absolute Gasteiger partial charge is 0.454 e. The molecule has 1 amide bonds. The van der Waals surface area contributed by atoms with Crippen LogP contribution in [0.5, 0.6) is 11.5 Å². The molecule has 7 nitrogen and oxygen atoms in total. The van der Waals surface area contributed by atoms with Gasteiger partial charge in [0.1, 0.15) is 5.82 Å². The van der Waals surface area contributed by atoms with Gasteiger partial charge in [0.25, 0.3) is 5.91 Å². The van der Waals surface area contributed by atoms with Gasteiger partial charge in [0.2, 0.25) is 12.8 Å². The number of nitrogens with zero attached hydrogens (tertiary/aromatic N) is 2. The number of carbonyl (C=O) groups is 1. The summed E-state index contributed by atoms with van der Waals surface area (Å²) in [6, 6.07) is 14.4. The first-order valence-corrected chi connectivity index (χ1v) is 8.84. The quantitative estimate of drug-likeness (QED) is 0.525. The smallest absolute Gasteiger partial charge is 0.258 e. The number of pyridine rings is 1. The second-order valence-electron chi connectivity index (χ2n) is 6.17. The van der Waals surface area contributed by atoms with Crippen LogP contribution in [0.15, 0.2) is 72.0 Å². The first-order valence-electron chi connectivity index (χ1n) is 8.84. The normalized spacial score (nSPS) is 12.5. The van der Waals surface area contributed by atoms with Gasteiger partial charge in [0, 0.05) is 23.6 Å². The molecular weight excluding hydrogens is 375 g/mol. The molecular formula is C21H17FN4O3. The maximum atomic E-state index is 13.2. The summed E-state index contributed by atoms with van der Waals surface area (Å²) < 4.78 is 23.8. The number of fused-ring (bicyclic) bond motifs is 1. The molecule has 3 aromatic rings. The second-order valence-corrected chi connectivity index (χ2v) is 6.17. The summed E-state index contributed by atoms with van der Waals surface area (Å²) in [5.41, 5.74) is 1.91. The van der Waals surface area contributed by atoms with Crippen molar-refractivity contribution in [3.8, 4) is 11.5 Å². The Morgan fingerprint density at radius 2 is 1.79 bits per heavy atom. The summed E-state index contributed by atoms with van der Waals surface area (Å²) in [5.74, 6) is 0.620. The minimum absolute atomic E-state index is 0.130. The van der Waals surface area contributed by atoms with Crippen molar-refractivity contribution in [2.45, 2.75) is 6.54 Å². The molecule has 2 aromatic carbocycles. The second kappa shape index (κ2) is 8.39. The maximum absolute atomic E-state index is 13.2. The number of ether oxygens (including phenoxy) is 2. The fraction of sp³-hybridized carbons (Fsp3) is 0.0952. The monoisotopic (exact) mass is 392 g/mol. The first kappa shape index (κ1) is 18.4. The van der Waals surface area contributed by atoms with Gasteiger partial charge < -0.3 is 14.8 Å². The molecule has 0 unspecified atom stereocenters. The lowest BCUT2D eigenvalue weighted by molar-refractivity contribution is 0.0976. The van der Waals surface area contributed by atoms with Crippen LogP contribution in [-0.4, -0.2) is 23.6 Å². The van der Waals surface area contributed by atoms with Crippen molar-refractivity contribution in [2.24, 2.45) is 4.99 Å². The molecule has 1 aliphatic heterocycles. The van der Waals surface area contributed by atoms with Gasteiger partial charge in [-0.1, -0.05) is 0 Å². The van der Waals surface area contributed by atoms with Crippen LogP contribution in [0.25, 0.3) is 0 Å². The van der Waals surface area contributed by atoms with Gasteiger partial charge in [0.05, 0.1) is 6.54 Å². The van der Waals surface area contributed by atoms with E-state index in [0.29, 0.717) is 29.3 Å². The van der Waals surface area contributed by atoms with E-state index >= 15 is 0 Å². The van der Waals surface area contributed by atoms with Crippen molar-refractivity contribution in [1.29, 1.82) is 0 Å². The molecule has 1 aromatic heterocycles. The number of hydrogen-bond acceptors (Lipinski definition) is 5. The Morgan fingerprint density at radius 1 is 1.03 bits per heavy atom. The molecule has 8 heteroatoms. The van der Waals surface area contributed by atoms with Crippen LogP contribution in [0.2, 0.25) is 0 Å². The van der Waals surface area contributed by atoms with E-state index in [0.717, 1.165) is 5.56 Å². The van der Waals surface area contributed by atoms with Crippen molar-refractivity contribution < 1.29 is 18.7 Å². The van der Waals surface area contributed by atoms with Crippen molar-refractivity contribution >= 4 is 17.6 Å². The zero-order valence-corrected chi connectivity index (χ0v) is 15.3. The van der Waals surface area contributed by atoms with Crippen LogP contribution in [-0.2, 0) is 6.54 Å². The van der Waals surface area contributed by atoms with E-state index in [1.54, 1.807) is 42.7 Å². The molecule has 0 aliphatic carbocycles. The molecule has 0 spiro atoms. The number of aliphatic imine (C=N–C) groups is 1. The molecule has 0 radical (unpaired) electrons. The molecule has 0 bridgehead atoms. The SMILES string of the molecule is O=C(NC(=NCc1ccncc1)Nc1ccc(F)cc1)c1ccc2c(c1)OCO2. The Kier molecular flexibility index (Phi) is 5.33. The summed E-state index contributed by atoms with van der Waals surface area (Å²) >= 11 is 0. The van der Waals surface area contributed by atoms with E-state index in [-0.39, 0.29) is 24.5 Å². The number of guanidine groups is 1. The third-order valence-electron chi connectivity index (χ3n) is 4.14. The molecule has 1 aliphatic rings. The van der Waals surface area contributed by atoms with E-state index in [1.165, 1.54) is 12.1 Å². The lowest BCUT2D eigenvalue weighted by Gasteiger charge is -2.12. The Balaban J connectivity index is 1.53. The molecule has 0 fully saturated rings. The molecule has 29 heavy (non-hydrogen) atoms. The van der Waals surface area contributed by atoms with Crippen LogP contribution in [0.3, 0.4) is 0 Å². The van der Waals surface area contributed by atoms with E-state index < -0.39 is 0 Å². The Labute approximate surface area is 166 Å². The molecule has 4 rings (SSSR count). The number of rotatable bonds is 4. The van der Waals surface area contributed by atoms with Gasteiger partial charge in [-0.15, -0.1) is 0 Å². The molecule has 0 atom stereocenters. The van der Waals surface area contributed by atoms with Crippen LogP contribution < -0.4 is 20.1 Å². The highest BCUT2D eigenvalue weighted by Gasteiger charge is 2.17. The number of amides is 1. The van der Waals surface area contributed by atoms with Crippen LogP contribution >= 0.6 is 0 Å². The third kappa shape index (κ3) is 4.67. The molecule has 146 valence electrons. The molecule has 0 saturated heterocycles. The topological polar surface area (TPSA) is 84.8 Å². The number of benzene rings is 2. The molecule has 2 heterocycles. The summed E-state index contributed by atoms with van der Waals surface area (Å²) in [6.07, 6.45) is 3.34. The number of nitrogens with one attached hydrogen (secondary N) is 2. The third-order valence-corrected chi connectivity index (χ3v) is 4.14. The summed E-state index contributed by atoms with van der Waals surface area (Å²) in [6.45, 7) is 0.457. The average molecular weight is 392 g/mol. The Morgan fingerprint density at radius 3 is 2.59 bits per heavy atom. The molecule has 2 N–H and O–H groups in total. The lowest BCUT2D eigenvalue weighted by Crippen LogP contribution is -2.36. The van der Waals surface area contributed by atoms with Gasteiger partial charge in [-0.2, -0.15) is 0 Å². The van der Waals surface area contributed by atoms with Gasteiger partial charge in [0.15, 0.2) is 11.5 Å². The van der Waals surface area contributed by atoms with Gasteiger partial charge in [-0.05, 0) is 60.2 Å². The van der Waals surface area contributed by atoms with E-state index in [1.807, 2.05) is 12.1 Å². The van der Waals surface area contributed by atoms with Gasteiger partial charge in [-0.25, -0.2) is 9.38 Å². The predicted octanol–water partition coefficient (Wildman–Crippen LogP) is 3.35. The maximum Gasteiger partial charge on any atom is 0.258 e. The fourth-order valence-corrected chi connectivity index (χ4v) is 2.66. The van der Waals surface area contributed by atoms with Crippen molar-refractivity contribution in [1.82, 2.24) is 10.3 Å². The number of carbonyl (C=O) groups excluding carboxylic acids is 1. The van der Waals surface area contributed by atoms with Crippen LogP contribution in [0, 0.1) is 5.82 Å². The van der Waals surface area contributed by atoms with Gasteiger partial charge in [-0.3, -0.25) is 15.1 Å². The predicted molar refractivity (Wildman–Crippen MR) is 105 cm³/mol. The standard InChI is InChI=1S/C21H17FN4O3/c22-16-2-4-17(5-3-16)25-21(24-12-14-7-9-23-10-8-14)26-20(27)15-1-6-18-19(11-15)29-13-28-18/h1-11H,12-13H2,(H2,24,25,26,27). The highest BCUT2D eigenvalue weighted by atomic mass is 19.1.